The number of nitrogens with one attached hydrogen (secondary N) is 9. The van der Waals surface area contributed by atoms with E-state index in [1.807, 2.05) is 0 Å². The molecule has 30 heteroatoms. The summed E-state index contributed by atoms with van der Waals surface area (Å²) >= 11 is 0. The number of H-pyrrole nitrogens is 1. The fraction of sp³-hybridized carbons (Fsp3) is 0.636. The van der Waals surface area contributed by atoms with Gasteiger partial charge < -0.3 is 95.2 Å². The minimum Gasteiger partial charge on any atom is -0.481 e. The first-order valence-corrected chi connectivity index (χ1v) is 28.5. The second-order valence-electron chi connectivity index (χ2n) is 21.9. The molecule has 1 aliphatic heterocycles. The number of carboxylic acid groups (broad SMARTS) is 2. The molecule has 0 saturated carbocycles. The highest BCUT2D eigenvalue weighted by atomic mass is 16.4. The van der Waals surface area contributed by atoms with Crippen LogP contribution in [0, 0.1) is 17.8 Å². The van der Waals surface area contributed by atoms with Gasteiger partial charge in [0.2, 0.25) is 53.2 Å². The maximum absolute atomic E-state index is 14.5. The first-order valence-electron chi connectivity index (χ1n) is 28.5. The number of carbonyl (C=O) groups is 11. The fourth-order valence-electron chi connectivity index (χ4n) is 9.39. The molecule has 30 nitrogen and oxygen atoms in total. The minimum absolute atomic E-state index is 0.0377. The lowest BCUT2D eigenvalue weighted by molar-refractivity contribution is -0.145. The van der Waals surface area contributed by atoms with Crippen LogP contribution in [0.1, 0.15) is 112 Å². The number of amides is 9. The number of aliphatic hydroxyl groups excluding tert-OH is 3. The Kier molecular flexibility index (Phi) is 29.1. The summed E-state index contributed by atoms with van der Waals surface area (Å²) < 4.78 is 0. The van der Waals surface area contributed by atoms with E-state index in [9.17, 15) is 78.3 Å². The summed E-state index contributed by atoms with van der Waals surface area (Å²) in [6.45, 7) is 9.72. The molecule has 1 aromatic heterocycles. The number of rotatable bonds is 36. The van der Waals surface area contributed by atoms with E-state index in [-0.39, 0.29) is 63.5 Å². The van der Waals surface area contributed by atoms with Crippen LogP contribution in [-0.2, 0) is 59.2 Å². The summed E-state index contributed by atoms with van der Waals surface area (Å²) in [5.74, 6) is -12.8. The number of carbonyl (C=O) groups excluding carboxylic acids is 9. The number of aromatic amines is 1. The predicted molar refractivity (Wildman–Crippen MR) is 309 cm³/mol. The number of hydrogen-bond acceptors (Lipinski definition) is 16. The third-order valence-corrected chi connectivity index (χ3v) is 14.7. The number of fused-ring (bicyclic) bond motifs is 1. The summed E-state index contributed by atoms with van der Waals surface area (Å²) in [7, 11) is 0. The van der Waals surface area contributed by atoms with Gasteiger partial charge in [-0.25, -0.2) is 4.79 Å². The van der Waals surface area contributed by atoms with Gasteiger partial charge in [0.05, 0.1) is 19.3 Å². The highest BCUT2D eigenvalue weighted by molar-refractivity contribution is 5.99. The van der Waals surface area contributed by atoms with E-state index < -0.39 is 170 Å². The van der Waals surface area contributed by atoms with Crippen molar-refractivity contribution in [3.8, 4) is 0 Å². The molecule has 0 unspecified atom stereocenters. The van der Waals surface area contributed by atoms with Crippen molar-refractivity contribution in [3.63, 3.8) is 0 Å². The van der Waals surface area contributed by atoms with E-state index in [1.54, 1.807) is 72.0 Å². The second-order valence-corrected chi connectivity index (χ2v) is 21.9. The lowest BCUT2D eigenvalue weighted by atomic mass is 9.96. The van der Waals surface area contributed by atoms with Crippen molar-refractivity contribution in [1.29, 1.82) is 0 Å². The lowest BCUT2D eigenvalue weighted by Crippen LogP contribution is -2.61. The Labute approximate surface area is 492 Å². The van der Waals surface area contributed by atoms with Crippen molar-refractivity contribution >= 4 is 82.0 Å². The first kappa shape index (κ1) is 71.3. The number of likely N-dealkylation sites (tertiary alicyclic amines) is 1. The van der Waals surface area contributed by atoms with Crippen LogP contribution < -0.4 is 59.7 Å². The Morgan fingerprint density at radius 2 is 1.21 bits per heavy atom. The summed E-state index contributed by atoms with van der Waals surface area (Å²) in [6, 6.07) is -7.54. The van der Waals surface area contributed by atoms with E-state index in [0.717, 1.165) is 6.92 Å². The molecular formula is C55H88N14O16. The van der Waals surface area contributed by atoms with E-state index in [1.165, 1.54) is 4.90 Å². The molecule has 474 valence electrons. The normalized spacial score (nSPS) is 17.4. The number of aliphatic imine (C=N–C) groups is 1. The molecule has 1 aromatic carbocycles. The average Bonchev–Trinajstić information content (AvgIpc) is 3.39. The maximum Gasteiger partial charge on any atom is 0.328 e. The van der Waals surface area contributed by atoms with Gasteiger partial charge in [0.1, 0.15) is 54.4 Å². The van der Waals surface area contributed by atoms with E-state index in [0.29, 0.717) is 29.3 Å². The quantitative estimate of drug-likeness (QED) is 0.0178. The highest BCUT2D eigenvalue weighted by Gasteiger charge is 2.42. The van der Waals surface area contributed by atoms with Crippen LogP contribution in [0.5, 0.6) is 0 Å². The molecule has 1 aliphatic rings. The van der Waals surface area contributed by atoms with Gasteiger partial charge in [-0.1, -0.05) is 72.6 Å². The SMILES string of the molecule is CC[C@H](C)[C@H](NC(=O)[C@H](CCCN=C(N)N)NC(=O)[C@H](CCC(=O)O)NC(=O)[C@H](CC(C)C)NC(=O)[C@H](CO)NC(=O)[C@H](Cc1c[nH]c2ccccc12)NC(=O)[C@@H]1CCCN1C(=O)[C@@H](NC(=O)[C@@H](N)CO)[C@@H](C)CC)C(=O)N[C@H](C(=O)O)[C@@H](C)O. The summed E-state index contributed by atoms with van der Waals surface area (Å²) in [5.41, 5.74) is 18.0. The average molecular weight is 1200 g/mol. The Morgan fingerprint density at radius 1 is 0.671 bits per heavy atom. The molecule has 0 aliphatic carbocycles. The van der Waals surface area contributed by atoms with Gasteiger partial charge in [0, 0.05) is 43.0 Å². The van der Waals surface area contributed by atoms with Crippen molar-refractivity contribution in [2.24, 2.45) is 39.9 Å². The van der Waals surface area contributed by atoms with Gasteiger partial charge in [-0.3, -0.25) is 52.9 Å². The topological polar surface area (TPSA) is 495 Å². The number of benzene rings is 1. The maximum atomic E-state index is 14.5. The number of carboxylic acids is 2. The zero-order valence-corrected chi connectivity index (χ0v) is 49.2. The predicted octanol–water partition coefficient (Wildman–Crippen LogP) is -3.59. The molecule has 1 saturated heterocycles. The van der Waals surface area contributed by atoms with Crippen molar-refractivity contribution in [3.05, 3.63) is 36.0 Å². The van der Waals surface area contributed by atoms with Crippen molar-refractivity contribution < 1.29 is 78.3 Å². The number of aromatic nitrogens is 1. The molecule has 9 amide bonds. The van der Waals surface area contributed by atoms with Crippen LogP contribution in [0.3, 0.4) is 0 Å². The summed E-state index contributed by atoms with van der Waals surface area (Å²) in [6.07, 6.45) is -0.273. The molecule has 3 rings (SSSR count). The van der Waals surface area contributed by atoms with Crippen LogP contribution in [-0.4, -0.2) is 199 Å². The number of aliphatic carboxylic acids is 2. The van der Waals surface area contributed by atoms with Gasteiger partial charge in [-0.05, 0) is 74.8 Å². The van der Waals surface area contributed by atoms with Crippen molar-refractivity contribution in [1.82, 2.24) is 52.4 Å². The molecule has 0 bridgehead atoms. The Hall–Kier alpha value is -7.96. The number of para-hydroxylation sites is 1. The molecule has 0 radical (unpaired) electrons. The van der Waals surface area contributed by atoms with Crippen molar-refractivity contribution in [2.75, 3.05) is 26.3 Å². The third-order valence-electron chi connectivity index (χ3n) is 14.7. The smallest absolute Gasteiger partial charge is 0.328 e. The zero-order valence-electron chi connectivity index (χ0n) is 49.2. The molecule has 0 spiro atoms. The standard InChI is InChI=1S/C55H88N14O16/c1-8-28(5)42(52(82)68-44(30(7)72)54(84)85)66-47(77)35(16-12-20-59-55(57)58)61-46(76)36(18-19-41(73)74)62-48(78)37(22-27(3)4)63-50(80)39(26-71)65-49(79)38(23-31-24-60-34-15-11-10-14-32(31)34)64-51(81)40-17-13-21-69(40)53(83)43(29(6)9-2)67-45(75)33(56)25-70/h10-11,14-15,24,27-30,33,35-40,42-44,60,70-72H,8-9,12-13,16-23,25-26,56H2,1-7H3,(H,61,76)(H,62,78)(H,63,80)(H,64,81)(H,65,79)(H,66,77)(H,67,75)(H,68,82)(H,73,74)(H,84,85)(H4,57,58,59)/t28-,29-,30+,33-,35-,36-,37-,38-,39-,40-,42-,43-,44-/m0/s1. The molecule has 1 fully saturated rings. The van der Waals surface area contributed by atoms with Crippen LogP contribution in [0.2, 0.25) is 0 Å². The van der Waals surface area contributed by atoms with Crippen LogP contribution in [0.25, 0.3) is 10.9 Å². The molecule has 85 heavy (non-hydrogen) atoms. The van der Waals surface area contributed by atoms with E-state index >= 15 is 0 Å². The second kappa shape index (κ2) is 34.7. The largest absolute Gasteiger partial charge is 0.481 e. The van der Waals surface area contributed by atoms with Gasteiger partial charge >= 0.3 is 11.9 Å². The number of nitrogens with zero attached hydrogens (tertiary/aromatic N) is 2. The van der Waals surface area contributed by atoms with Crippen LogP contribution in [0.4, 0.5) is 0 Å². The fourth-order valence-corrected chi connectivity index (χ4v) is 9.39. The third kappa shape index (κ3) is 21.9. The number of hydrogen-bond donors (Lipinski definition) is 17. The summed E-state index contributed by atoms with van der Waals surface area (Å²) in [5, 5.41) is 70.1. The summed E-state index contributed by atoms with van der Waals surface area (Å²) in [4.78, 5) is 158. The molecule has 2 aromatic rings. The van der Waals surface area contributed by atoms with E-state index in [2.05, 4.69) is 52.5 Å². The Morgan fingerprint density at radius 3 is 1.79 bits per heavy atom. The van der Waals surface area contributed by atoms with E-state index in [4.69, 9.17) is 17.2 Å². The number of nitrogens with two attached hydrogens (primary N) is 3. The van der Waals surface area contributed by atoms with Crippen LogP contribution >= 0.6 is 0 Å². The molecule has 13 atom stereocenters. The van der Waals surface area contributed by atoms with Gasteiger partial charge in [-0.15, -0.1) is 0 Å². The zero-order chi connectivity index (χ0) is 63.8. The molecular weight excluding hydrogens is 1110 g/mol. The minimum atomic E-state index is -1.78. The van der Waals surface area contributed by atoms with Gasteiger partial charge in [-0.2, -0.15) is 0 Å². The number of aliphatic hydroxyl groups is 3. The lowest BCUT2D eigenvalue weighted by Gasteiger charge is -2.32. The first-order chi connectivity index (χ1) is 40.1. The number of guanidine groups is 1. The van der Waals surface area contributed by atoms with Gasteiger partial charge in [0.15, 0.2) is 12.0 Å². The molecule has 20 N–H and O–H groups in total. The molecule has 2 heterocycles. The Balaban J connectivity index is 1.94. The van der Waals surface area contributed by atoms with Crippen molar-refractivity contribution in [2.45, 2.75) is 179 Å². The van der Waals surface area contributed by atoms with Crippen LogP contribution in [0.15, 0.2) is 35.5 Å². The van der Waals surface area contributed by atoms with Gasteiger partial charge in [0.25, 0.3) is 0 Å². The Bertz CT molecular complexity index is 2660. The monoisotopic (exact) mass is 1200 g/mol. The highest BCUT2D eigenvalue weighted by Crippen LogP contribution is 2.24.